The maximum absolute atomic E-state index is 13.3. The first kappa shape index (κ1) is 11.9. The smallest absolute Gasteiger partial charge is 0.144 e. The van der Waals surface area contributed by atoms with Gasteiger partial charge < -0.3 is 4.74 Å². The van der Waals surface area contributed by atoms with Gasteiger partial charge in [-0.25, -0.2) is 4.39 Å². The molecule has 1 aliphatic rings. The van der Waals surface area contributed by atoms with Crippen molar-refractivity contribution >= 4 is 0 Å². The minimum atomic E-state index is -0.508. The third-order valence-electron chi connectivity index (χ3n) is 3.35. The second kappa shape index (κ2) is 5.67. The Balaban J connectivity index is 1.90. The summed E-state index contributed by atoms with van der Waals surface area (Å²) in [6.45, 7) is 0.572. The molecule has 0 N–H and O–H groups in total. The lowest BCUT2D eigenvalue weighted by molar-refractivity contribution is 0.277. The Morgan fingerprint density at radius 2 is 2.12 bits per heavy atom. The standard InChI is InChI=1S/C14H16FNO/c15-13-6-3-7-14(12(13)10-16)17-9-8-11-4-1-2-5-11/h3,6-7,11H,1-2,4-5,8-9H2. The number of nitrogens with zero attached hydrogens (tertiary/aromatic N) is 1. The van der Waals surface area contributed by atoms with Gasteiger partial charge in [0.1, 0.15) is 23.2 Å². The molecule has 0 atom stereocenters. The second-order valence-electron chi connectivity index (χ2n) is 4.51. The van der Waals surface area contributed by atoms with Gasteiger partial charge in [-0.2, -0.15) is 5.26 Å². The Kier molecular flexibility index (Phi) is 3.98. The van der Waals surface area contributed by atoms with E-state index in [2.05, 4.69) is 0 Å². The van der Waals surface area contributed by atoms with E-state index in [1.165, 1.54) is 31.7 Å². The van der Waals surface area contributed by atoms with Crippen molar-refractivity contribution in [1.82, 2.24) is 0 Å². The molecule has 2 nitrogen and oxygen atoms in total. The van der Waals surface area contributed by atoms with Crippen LogP contribution in [0.1, 0.15) is 37.7 Å². The van der Waals surface area contributed by atoms with Crippen LogP contribution in [0.2, 0.25) is 0 Å². The lowest BCUT2D eigenvalue weighted by Crippen LogP contribution is -2.05. The predicted octanol–water partition coefficient (Wildman–Crippen LogP) is 3.66. The molecule has 0 aromatic heterocycles. The molecule has 0 amide bonds. The van der Waals surface area contributed by atoms with Crippen LogP contribution >= 0.6 is 0 Å². The first-order chi connectivity index (χ1) is 8.31. The van der Waals surface area contributed by atoms with Crippen LogP contribution in [-0.4, -0.2) is 6.61 Å². The third kappa shape index (κ3) is 2.97. The Labute approximate surface area is 101 Å². The fourth-order valence-corrected chi connectivity index (χ4v) is 2.37. The van der Waals surface area contributed by atoms with Crippen LogP contribution < -0.4 is 4.74 Å². The summed E-state index contributed by atoms with van der Waals surface area (Å²) < 4.78 is 18.8. The molecule has 1 aromatic carbocycles. The molecule has 0 aliphatic heterocycles. The molecule has 0 saturated heterocycles. The Hall–Kier alpha value is -1.56. The molecule has 90 valence electrons. The van der Waals surface area contributed by atoms with E-state index in [-0.39, 0.29) is 5.56 Å². The summed E-state index contributed by atoms with van der Waals surface area (Å²) in [6, 6.07) is 6.34. The van der Waals surface area contributed by atoms with E-state index in [1.807, 2.05) is 6.07 Å². The molecule has 1 fully saturated rings. The minimum absolute atomic E-state index is 0.0129. The molecular formula is C14H16FNO. The van der Waals surface area contributed by atoms with Gasteiger partial charge in [0, 0.05) is 0 Å². The van der Waals surface area contributed by atoms with Crippen molar-refractivity contribution in [2.24, 2.45) is 5.92 Å². The molecule has 17 heavy (non-hydrogen) atoms. The zero-order valence-corrected chi connectivity index (χ0v) is 9.79. The summed E-state index contributed by atoms with van der Waals surface area (Å²) >= 11 is 0. The van der Waals surface area contributed by atoms with Crippen molar-refractivity contribution in [2.45, 2.75) is 32.1 Å². The summed E-state index contributed by atoms with van der Waals surface area (Å²) in [7, 11) is 0. The number of benzene rings is 1. The fourth-order valence-electron chi connectivity index (χ4n) is 2.37. The quantitative estimate of drug-likeness (QED) is 0.795. The largest absolute Gasteiger partial charge is 0.492 e. The maximum atomic E-state index is 13.3. The SMILES string of the molecule is N#Cc1c(F)cccc1OCCC1CCCC1. The summed E-state index contributed by atoms with van der Waals surface area (Å²) in [4.78, 5) is 0. The lowest BCUT2D eigenvalue weighted by atomic mass is 10.1. The fraction of sp³-hybridized carbons (Fsp3) is 0.500. The van der Waals surface area contributed by atoms with Crippen molar-refractivity contribution in [1.29, 1.82) is 5.26 Å². The van der Waals surface area contributed by atoms with E-state index in [1.54, 1.807) is 12.1 Å². The molecule has 2 rings (SSSR count). The van der Waals surface area contributed by atoms with Crippen LogP contribution in [0.3, 0.4) is 0 Å². The molecule has 0 bridgehead atoms. The molecule has 0 spiro atoms. The third-order valence-corrected chi connectivity index (χ3v) is 3.35. The Morgan fingerprint density at radius 1 is 1.35 bits per heavy atom. The van der Waals surface area contributed by atoms with Gasteiger partial charge >= 0.3 is 0 Å². The molecule has 1 saturated carbocycles. The number of rotatable bonds is 4. The average Bonchev–Trinajstić information content (AvgIpc) is 2.82. The number of nitriles is 1. The molecular weight excluding hydrogens is 217 g/mol. The van der Waals surface area contributed by atoms with Gasteiger partial charge in [-0.05, 0) is 24.5 Å². The van der Waals surface area contributed by atoms with Crippen LogP contribution in [-0.2, 0) is 0 Å². The summed E-state index contributed by atoms with van der Waals surface area (Å²) in [6.07, 6.45) is 6.18. The second-order valence-corrected chi connectivity index (χ2v) is 4.51. The van der Waals surface area contributed by atoms with Crippen molar-refractivity contribution in [2.75, 3.05) is 6.61 Å². The number of hydrogen-bond donors (Lipinski definition) is 0. The van der Waals surface area contributed by atoms with Crippen LogP contribution in [0, 0.1) is 23.1 Å². The molecule has 0 unspecified atom stereocenters. The summed E-state index contributed by atoms with van der Waals surface area (Å²) in [5.74, 6) is 0.602. The van der Waals surface area contributed by atoms with E-state index in [0.717, 1.165) is 12.3 Å². The van der Waals surface area contributed by atoms with E-state index < -0.39 is 5.82 Å². The van der Waals surface area contributed by atoms with Gasteiger partial charge in [0.05, 0.1) is 6.61 Å². The average molecular weight is 233 g/mol. The first-order valence-electron chi connectivity index (χ1n) is 6.12. The number of hydrogen-bond acceptors (Lipinski definition) is 2. The van der Waals surface area contributed by atoms with E-state index >= 15 is 0 Å². The van der Waals surface area contributed by atoms with Gasteiger partial charge in [0.25, 0.3) is 0 Å². The Morgan fingerprint density at radius 3 is 2.82 bits per heavy atom. The molecule has 1 aromatic rings. The zero-order valence-electron chi connectivity index (χ0n) is 9.79. The summed E-state index contributed by atoms with van der Waals surface area (Å²) in [5.41, 5.74) is 0.0129. The van der Waals surface area contributed by atoms with Crippen molar-refractivity contribution in [3.63, 3.8) is 0 Å². The van der Waals surface area contributed by atoms with Crippen LogP contribution in [0.4, 0.5) is 4.39 Å². The van der Waals surface area contributed by atoms with E-state index in [0.29, 0.717) is 12.4 Å². The highest BCUT2D eigenvalue weighted by molar-refractivity contribution is 5.43. The monoisotopic (exact) mass is 233 g/mol. The van der Waals surface area contributed by atoms with Gasteiger partial charge in [-0.1, -0.05) is 31.7 Å². The highest BCUT2D eigenvalue weighted by Crippen LogP contribution is 2.28. The summed E-state index contributed by atoms with van der Waals surface area (Å²) in [5, 5.41) is 8.84. The van der Waals surface area contributed by atoms with Gasteiger partial charge in [-0.3, -0.25) is 0 Å². The maximum Gasteiger partial charge on any atom is 0.144 e. The van der Waals surface area contributed by atoms with Crippen molar-refractivity contribution in [3.8, 4) is 11.8 Å². The van der Waals surface area contributed by atoms with Crippen LogP contribution in [0.5, 0.6) is 5.75 Å². The predicted molar refractivity (Wildman–Crippen MR) is 63.2 cm³/mol. The van der Waals surface area contributed by atoms with Crippen molar-refractivity contribution in [3.05, 3.63) is 29.6 Å². The van der Waals surface area contributed by atoms with E-state index in [9.17, 15) is 4.39 Å². The molecule has 3 heteroatoms. The highest BCUT2D eigenvalue weighted by Gasteiger charge is 2.15. The van der Waals surface area contributed by atoms with Gasteiger partial charge in [-0.15, -0.1) is 0 Å². The molecule has 0 radical (unpaired) electrons. The van der Waals surface area contributed by atoms with Crippen molar-refractivity contribution < 1.29 is 9.13 Å². The topological polar surface area (TPSA) is 33.0 Å². The number of halogens is 1. The van der Waals surface area contributed by atoms with Gasteiger partial charge in [0.15, 0.2) is 0 Å². The van der Waals surface area contributed by atoms with Crippen LogP contribution in [0.25, 0.3) is 0 Å². The minimum Gasteiger partial charge on any atom is -0.492 e. The first-order valence-corrected chi connectivity index (χ1v) is 6.12. The molecule has 1 aliphatic carbocycles. The Bertz CT molecular complexity index is 419. The zero-order chi connectivity index (χ0) is 12.1. The van der Waals surface area contributed by atoms with E-state index in [4.69, 9.17) is 10.00 Å². The lowest BCUT2D eigenvalue weighted by Gasteiger charge is -2.11. The normalized spacial score (nSPS) is 15.8. The van der Waals surface area contributed by atoms with Crippen LogP contribution in [0.15, 0.2) is 18.2 Å². The highest BCUT2D eigenvalue weighted by atomic mass is 19.1. The number of ether oxygens (including phenoxy) is 1. The van der Waals surface area contributed by atoms with Gasteiger partial charge in [0.2, 0.25) is 0 Å². The molecule has 0 heterocycles.